The van der Waals surface area contributed by atoms with Crippen LogP contribution in [0.3, 0.4) is 0 Å². The van der Waals surface area contributed by atoms with E-state index in [-0.39, 0.29) is 17.4 Å². The van der Waals surface area contributed by atoms with Crippen molar-refractivity contribution in [2.45, 2.75) is 6.92 Å². The van der Waals surface area contributed by atoms with Crippen molar-refractivity contribution in [3.63, 3.8) is 0 Å². The number of anilines is 1. The molecule has 1 rings (SSSR count). The van der Waals surface area contributed by atoms with Gasteiger partial charge in [0, 0.05) is 18.7 Å². The second-order valence-corrected chi connectivity index (χ2v) is 3.69. The molecule has 1 aromatic carbocycles. The molecule has 16 heavy (non-hydrogen) atoms. The Morgan fingerprint density at radius 2 is 2.06 bits per heavy atom. The van der Waals surface area contributed by atoms with E-state index >= 15 is 0 Å². The summed E-state index contributed by atoms with van der Waals surface area (Å²) in [7, 11) is 1.29. The highest BCUT2D eigenvalue weighted by Crippen LogP contribution is 2.24. The summed E-state index contributed by atoms with van der Waals surface area (Å²) >= 11 is 0. The molecule has 0 saturated heterocycles. The Morgan fingerprint density at radius 1 is 1.38 bits per heavy atom. The van der Waals surface area contributed by atoms with Crippen molar-refractivity contribution in [3.8, 4) is 5.75 Å². The minimum atomic E-state index is -0.591. The predicted molar refractivity (Wildman–Crippen MR) is 59.6 cm³/mol. The molecule has 0 aliphatic rings. The number of benzene rings is 1. The summed E-state index contributed by atoms with van der Waals surface area (Å²) in [5, 5.41) is 2.81. The Kier molecular flexibility index (Phi) is 4.49. The number of nitrogens with two attached hydrogens (primary N) is 1. The molecule has 1 aromatic rings. The number of hydrogen-bond acceptors (Lipinski definition) is 3. The summed E-state index contributed by atoms with van der Waals surface area (Å²) < 4.78 is 31.4. The molecule has 0 aliphatic carbocycles. The highest BCUT2D eigenvalue weighted by atomic mass is 19.1. The molecule has 3 nitrogen and oxygen atoms in total. The summed E-state index contributed by atoms with van der Waals surface area (Å²) in [6.45, 7) is 2.91. The van der Waals surface area contributed by atoms with Crippen LogP contribution in [0.25, 0.3) is 0 Å². The van der Waals surface area contributed by atoms with Crippen LogP contribution in [0.2, 0.25) is 0 Å². The largest absolute Gasteiger partial charge is 0.494 e. The molecule has 0 spiro atoms. The van der Waals surface area contributed by atoms with Crippen molar-refractivity contribution >= 4 is 5.69 Å². The van der Waals surface area contributed by atoms with Crippen molar-refractivity contribution < 1.29 is 13.5 Å². The molecule has 0 amide bonds. The first-order valence-electron chi connectivity index (χ1n) is 5.05. The molecular formula is C11H16F2N2O. The highest BCUT2D eigenvalue weighted by molar-refractivity contribution is 5.48. The fraction of sp³-hybridized carbons (Fsp3) is 0.455. The molecule has 3 N–H and O–H groups in total. The molecule has 0 fully saturated rings. The van der Waals surface area contributed by atoms with E-state index in [9.17, 15) is 8.78 Å². The lowest BCUT2D eigenvalue weighted by molar-refractivity contribution is 0.383. The Hall–Kier alpha value is -1.36. The molecule has 5 heteroatoms. The van der Waals surface area contributed by atoms with Crippen LogP contribution in [-0.4, -0.2) is 20.2 Å². The maximum atomic E-state index is 13.4. The molecule has 0 bridgehead atoms. The van der Waals surface area contributed by atoms with E-state index in [1.54, 1.807) is 0 Å². The van der Waals surface area contributed by atoms with Crippen LogP contribution >= 0.6 is 0 Å². The van der Waals surface area contributed by atoms with Gasteiger partial charge in [-0.2, -0.15) is 0 Å². The summed E-state index contributed by atoms with van der Waals surface area (Å²) in [6, 6.07) is 2.10. The minimum absolute atomic E-state index is 0.102. The fourth-order valence-corrected chi connectivity index (χ4v) is 1.19. The number of hydrogen-bond donors (Lipinski definition) is 2. The SMILES string of the molecule is COc1cc(F)c(NCC(C)CN)cc1F. The average molecular weight is 230 g/mol. The van der Waals surface area contributed by atoms with Gasteiger partial charge in [-0.25, -0.2) is 8.78 Å². The van der Waals surface area contributed by atoms with Gasteiger partial charge in [0.2, 0.25) is 0 Å². The maximum Gasteiger partial charge on any atom is 0.167 e. The van der Waals surface area contributed by atoms with Crippen LogP contribution in [0.5, 0.6) is 5.75 Å². The zero-order chi connectivity index (χ0) is 12.1. The monoisotopic (exact) mass is 230 g/mol. The molecule has 0 saturated carbocycles. The minimum Gasteiger partial charge on any atom is -0.494 e. The summed E-state index contributed by atoms with van der Waals surface area (Å²) in [4.78, 5) is 0. The van der Waals surface area contributed by atoms with Gasteiger partial charge >= 0.3 is 0 Å². The lowest BCUT2D eigenvalue weighted by atomic mass is 10.2. The van der Waals surface area contributed by atoms with Crippen LogP contribution in [0, 0.1) is 17.6 Å². The van der Waals surface area contributed by atoms with Gasteiger partial charge in [0.1, 0.15) is 5.82 Å². The third-order valence-electron chi connectivity index (χ3n) is 2.28. The van der Waals surface area contributed by atoms with Crippen LogP contribution < -0.4 is 15.8 Å². The molecule has 0 aromatic heterocycles. The van der Waals surface area contributed by atoms with Crippen LogP contribution in [0.1, 0.15) is 6.92 Å². The molecule has 1 atom stereocenters. The van der Waals surface area contributed by atoms with Gasteiger partial charge in [-0.05, 0) is 12.5 Å². The number of halogens is 2. The van der Waals surface area contributed by atoms with Crippen molar-refractivity contribution in [1.82, 2.24) is 0 Å². The summed E-state index contributed by atoms with van der Waals surface area (Å²) in [6.07, 6.45) is 0. The predicted octanol–water partition coefficient (Wildman–Crippen LogP) is 1.98. The third kappa shape index (κ3) is 3.06. The van der Waals surface area contributed by atoms with E-state index in [0.717, 1.165) is 12.1 Å². The van der Waals surface area contributed by atoms with Gasteiger partial charge in [0.05, 0.1) is 12.8 Å². The Bertz CT molecular complexity index is 358. The highest BCUT2D eigenvalue weighted by Gasteiger charge is 2.10. The molecule has 90 valence electrons. The smallest absolute Gasteiger partial charge is 0.167 e. The van der Waals surface area contributed by atoms with E-state index < -0.39 is 11.6 Å². The van der Waals surface area contributed by atoms with Gasteiger partial charge in [0.25, 0.3) is 0 Å². The lowest BCUT2D eigenvalue weighted by Gasteiger charge is -2.13. The normalized spacial score (nSPS) is 12.3. The molecular weight excluding hydrogens is 214 g/mol. The third-order valence-corrected chi connectivity index (χ3v) is 2.28. The van der Waals surface area contributed by atoms with E-state index in [4.69, 9.17) is 5.73 Å². The van der Waals surface area contributed by atoms with E-state index in [1.165, 1.54) is 7.11 Å². The van der Waals surface area contributed by atoms with Gasteiger partial charge in [0.15, 0.2) is 11.6 Å². The summed E-state index contributed by atoms with van der Waals surface area (Å²) in [5.41, 5.74) is 5.55. The zero-order valence-corrected chi connectivity index (χ0v) is 9.39. The molecule has 0 heterocycles. The number of ether oxygens (including phenoxy) is 1. The van der Waals surface area contributed by atoms with Crippen LogP contribution in [0.15, 0.2) is 12.1 Å². The number of rotatable bonds is 5. The standard InChI is InChI=1S/C11H16F2N2O/c1-7(5-14)6-15-10-3-9(13)11(16-2)4-8(10)12/h3-4,7,15H,5-6,14H2,1-2H3. The zero-order valence-electron chi connectivity index (χ0n) is 9.39. The van der Waals surface area contributed by atoms with Crippen molar-refractivity contribution in [1.29, 1.82) is 0 Å². The topological polar surface area (TPSA) is 47.3 Å². The van der Waals surface area contributed by atoms with Crippen molar-refractivity contribution in [2.24, 2.45) is 11.7 Å². The maximum absolute atomic E-state index is 13.4. The second kappa shape index (κ2) is 5.65. The van der Waals surface area contributed by atoms with Gasteiger partial charge in [-0.15, -0.1) is 0 Å². The van der Waals surface area contributed by atoms with Gasteiger partial charge in [-0.1, -0.05) is 6.92 Å². The van der Waals surface area contributed by atoms with Crippen molar-refractivity contribution in [3.05, 3.63) is 23.8 Å². The van der Waals surface area contributed by atoms with E-state index in [1.807, 2.05) is 6.92 Å². The fourth-order valence-electron chi connectivity index (χ4n) is 1.19. The first-order valence-corrected chi connectivity index (χ1v) is 5.05. The van der Waals surface area contributed by atoms with Crippen LogP contribution in [0.4, 0.5) is 14.5 Å². The molecule has 0 radical (unpaired) electrons. The lowest BCUT2D eigenvalue weighted by Crippen LogP contribution is -2.20. The van der Waals surface area contributed by atoms with Crippen molar-refractivity contribution in [2.75, 3.05) is 25.5 Å². The molecule has 0 aliphatic heterocycles. The second-order valence-electron chi connectivity index (χ2n) is 3.69. The van der Waals surface area contributed by atoms with E-state index in [0.29, 0.717) is 13.1 Å². The quantitative estimate of drug-likeness (QED) is 0.813. The first kappa shape index (κ1) is 12.7. The Labute approximate surface area is 93.6 Å². The van der Waals surface area contributed by atoms with E-state index in [2.05, 4.69) is 10.1 Å². The first-order chi connectivity index (χ1) is 7.58. The molecule has 1 unspecified atom stereocenters. The Balaban J connectivity index is 2.77. The number of nitrogens with one attached hydrogen (secondary N) is 1. The van der Waals surface area contributed by atoms with Gasteiger partial charge < -0.3 is 15.8 Å². The average Bonchev–Trinajstić information content (AvgIpc) is 2.29. The van der Waals surface area contributed by atoms with Gasteiger partial charge in [-0.3, -0.25) is 0 Å². The van der Waals surface area contributed by atoms with Crippen LogP contribution in [-0.2, 0) is 0 Å². The Morgan fingerprint density at radius 3 is 2.62 bits per heavy atom. The number of methoxy groups -OCH3 is 1. The summed E-state index contributed by atoms with van der Waals surface area (Å²) in [5.74, 6) is -1.03.